The van der Waals surface area contributed by atoms with Crippen LogP contribution in [0.15, 0.2) is 0 Å². The van der Waals surface area contributed by atoms with E-state index in [1.807, 2.05) is 14.1 Å². The predicted molar refractivity (Wildman–Crippen MR) is 34.9 cm³/mol. The number of hydrogen-bond donors (Lipinski definition) is 2. The Morgan fingerprint density at radius 1 is 1.50 bits per heavy atom. The quantitative estimate of drug-likeness (QED) is 0.526. The van der Waals surface area contributed by atoms with Crippen molar-refractivity contribution in [1.82, 2.24) is 10.6 Å². The second-order valence-corrected chi connectivity index (χ2v) is 2.71. The van der Waals surface area contributed by atoms with Gasteiger partial charge in [0.25, 0.3) is 0 Å². The summed E-state index contributed by atoms with van der Waals surface area (Å²) in [5, 5.41) is 6.47. The maximum atomic E-state index is 3.25. The van der Waals surface area contributed by atoms with Crippen molar-refractivity contribution in [2.45, 2.75) is 24.9 Å². The average Bonchev–Trinajstić information content (AvgIpc) is 2.44. The lowest BCUT2D eigenvalue weighted by Gasteiger charge is -2.06. The fraction of sp³-hybridized carbons (Fsp3) is 1.00. The van der Waals surface area contributed by atoms with Gasteiger partial charge in [-0.1, -0.05) is 0 Å². The second kappa shape index (κ2) is 1.71. The Morgan fingerprint density at radius 3 is 2.25 bits per heavy atom. The van der Waals surface area contributed by atoms with Crippen LogP contribution in [-0.4, -0.2) is 25.7 Å². The molecule has 0 heterocycles. The lowest BCUT2D eigenvalue weighted by Crippen LogP contribution is -2.32. The van der Waals surface area contributed by atoms with Gasteiger partial charge in [-0.3, -0.25) is 0 Å². The third-order valence-electron chi connectivity index (χ3n) is 2.16. The molecule has 1 aliphatic rings. The zero-order chi connectivity index (χ0) is 6.20. The van der Waals surface area contributed by atoms with Crippen molar-refractivity contribution < 1.29 is 0 Å². The van der Waals surface area contributed by atoms with Crippen LogP contribution in [0.5, 0.6) is 0 Å². The van der Waals surface area contributed by atoms with Crippen molar-refractivity contribution in [2.75, 3.05) is 14.1 Å². The molecule has 0 saturated heterocycles. The van der Waals surface area contributed by atoms with Gasteiger partial charge in [0, 0.05) is 11.6 Å². The van der Waals surface area contributed by atoms with Gasteiger partial charge in [0.05, 0.1) is 0 Å². The molecular formula is C6H14N2. The molecule has 1 fully saturated rings. The van der Waals surface area contributed by atoms with Gasteiger partial charge < -0.3 is 10.6 Å². The third-order valence-corrected chi connectivity index (χ3v) is 2.16. The van der Waals surface area contributed by atoms with Crippen LogP contribution < -0.4 is 10.6 Å². The Morgan fingerprint density at radius 2 is 2.12 bits per heavy atom. The van der Waals surface area contributed by atoms with Crippen LogP contribution in [0, 0.1) is 0 Å². The van der Waals surface area contributed by atoms with E-state index in [4.69, 9.17) is 0 Å². The zero-order valence-corrected chi connectivity index (χ0v) is 5.78. The number of rotatable bonds is 2. The van der Waals surface area contributed by atoms with E-state index in [0.29, 0.717) is 11.6 Å². The third kappa shape index (κ3) is 0.740. The maximum Gasteiger partial charge on any atom is 0.0320 e. The lowest BCUT2D eigenvalue weighted by atomic mass is 10.3. The highest BCUT2D eigenvalue weighted by Gasteiger charge is 2.47. The molecule has 0 radical (unpaired) electrons. The van der Waals surface area contributed by atoms with E-state index < -0.39 is 0 Å². The van der Waals surface area contributed by atoms with Crippen LogP contribution in [-0.2, 0) is 0 Å². The molecule has 2 nitrogen and oxygen atoms in total. The smallest absolute Gasteiger partial charge is 0.0320 e. The minimum absolute atomic E-state index is 0.398. The first-order valence-electron chi connectivity index (χ1n) is 3.09. The average molecular weight is 114 g/mol. The van der Waals surface area contributed by atoms with Gasteiger partial charge in [-0.05, 0) is 27.4 Å². The molecule has 0 aromatic rings. The van der Waals surface area contributed by atoms with Crippen molar-refractivity contribution in [1.29, 1.82) is 0 Å². The van der Waals surface area contributed by atoms with Gasteiger partial charge in [-0.2, -0.15) is 0 Å². The van der Waals surface area contributed by atoms with Crippen LogP contribution in [0.4, 0.5) is 0 Å². The van der Waals surface area contributed by atoms with Crippen LogP contribution in [0.25, 0.3) is 0 Å². The van der Waals surface area contributed by atoms with Crippen molar-refractivity contribution in [3.8, 4) is 0 Å². The van der Waals surface area contributed by atoms with Gasteiger partial charge in [0.15, 0.2) is 0 Å². The van der Waals surface area contributed by atoms with E-state index in [-0.39, 0.29) is 0 Å². The first-order chi connectivity index (χ1) is 3.73. The molecule has 8 heavy (non-hydrogen) atoms. The van der Waals surface area contributed by atoms with Crippen LogP contribution in [0.2, 0.25) is 0 Å². The summed E-state index contributed by atoms with van der Waals surface area (Å²) in [6, 6.07) is 0.701. The summed E-state index contributed by atoms with van der Waals surface area (Å²) in [5.74, 6) is 0. The normalized spacial score (nSPS) is 44.6. The van der Waals surface area contributed by atoms with E-state index in [1.54, 1.807) is 0 Å². The van der Waals surface area contributed by atoms with Gasteiger partial charge in [0.1, 0.15) is 0 Å². The molecule has 2 N–H and O–H groups in total. The molecule has 0 spiro atoms. The van der Waals surface area contributed by atoms with E-state index >= 15 is 0 Å². The molecule has 1 rings (SSSR count). The number of nitrogens with one attached hydrogen (secondary N) is 2. The Labute approximate surface area is 50.7 Å². The first kappa shape index (κ1) is 6.05. The summed E-state index contributed by atoms with van der Waals surface area (Å²) < 4.78 is 0. The molecule has 0 aromatic carbocycles. The van der Waals surface area contributed by atoms with Gasteiger partial charge in [-0.25, -0.2) is 0 Å². The Kier molecular flexibility index (Phi) is 1.29. The Balaban J connectivity index is 2.31. The second-order valence-electron chi connectivity index (χ2n) is 2.71. The molecule has 1 aliphatic carbocycles. The highest BCUT2D eigenvalue weighted by Crippen LogP contribution is 2.34. The molecule has 0 bridgehead atoms. The van der Waals surface area contributed by atoms with Gasteiger partial charge in [-0.15, -0.1) is 0 Å². The summed E-state index contributed by atoms with van der Waals surface area (Å²) in [6.45, 7) is 2.23. The summed E-state index contributed by atoms with van der Waals surface area (Å²) in [4.78, 5) is 0. The molecule has 2 unspecified atom stereocenters. The van der Waals surface area contributed by atoms with E-state index in [1.165, 1.54) is 6.42 Å². The molecule has 1 saturated carbocycles. The van der Waals surface area contributed by atoms with Crippen molar-refractivity contribution in [3.63, 3.8) is 0 Å². The Bertz CT molecular complexity index is 92.5. The predicted octanol–water partition coefficient (Wildman–Crippen LogP) is -0.0438. The topological polar surface area (TPSA) is 24.1 Å². The molecule has 0 aliphatic heterocycles. The molecule has 2 heteroatoms. The minimum Gasteiger partial charge on any atom is -0.315 e. The van der Waals surface area contributed by atoms with Crippen molar-refractivity contribution >= 4 is 0 Å². The highest BCUT2D eigenvalue weighted by molar-refractivity contribution is 5.11. The molecule has 2 atom stereocenters. The van der Waals surface area contributed by atoms with E-state index in [9.17, 15) is 0 Å². The minimum atomic E-state index is 0.398. The molecule has 0 amide bonds. The summed E-state index contributed by atoms with van der Waals surface area (Å²) in [6.07, 6.45) is 1.26. The lowest BCUT2D eigenvalue weighted by molar-refractivity contribution is 0.554. The summed E-state index contributed by atoms with van der Waals surface area (Å²) in [7, 11) is 4.02. The number of hydrogen-bond acceptors (Lipinski definition) is 2. The van der Waals surface area contributed by atoms with E-state index in [0.717, 1.165) is 0 Å². The molecule has 0 aromatic heterocycles. The fourth-order valence-electron chi connectivity index (χ4n) is 1.06. The van der Waals surface area contributed by atoms with E-state index in [2.05, 4.69) is 17.6 Å². The highest BCUT2D eigenvalue weighted by atomic mass is 15.1. The SMILES string of the molecule is CNC1CC1(C)NC. The van der Waals surface area contributed by atoms with Gasteiger partial charge in [0.2, 0.25) is 0 Å². The molecular weight excluding hydrogens is 100 g/mol. The van der Waals surface area contributed by atoms with Crippen LogP contribution in [0.1, 0.15) is 13.3 Å². The Hall–Kier alpha value is -0.0800. The number of likely N-dealkylation sites (N-methyl/N-ethyl adjacent to an activating group) is 2. The zero-order valence-electron chi connectivity index (χ0n) is 5.78. The fourth-order valence-corrected chi connectivity index (χ4v) is 1.06. The maximum absolute atomic E-state index is 3.25. The first-order valence-corrected chi connectivity index (χ1v) is 3.09. The van der Waals surface area contributed by atoms with Crippen molar-refractivity contribution in [2.24, 2.45) is 0 Å². The largest absolute Gasteiger partial charge is 0.315 e. The van der Waals surface area contributed by atoms with Crippen LogP contribution in [0.3, 0.4) is 0 Å². The van der Waals surface area contributed by atoms with Crippen LogP contribution >= 0.6 is 0 Å². The summed E-state index contributed by atoms with van der Waals surface area (Å²) in [5.41, 5.74) is 0.398. The summed E-state index contributed by atoms with van der Waals surface area (Å²) >= 11 is 0. The van der Waals surface area contributed by atoms with Crippen molar-refractivity contribution in [3.05, 3.63) is 0 Å². The monoisotopic (exact) mass is 114 g/mol. The standard InChI is InChI=1S/C6H14N2/c1-6(8-3)4-5(6)7-2/h5,7-8H,4H2,1-3H3. The molecule has 48 valence electrons. The van der Waals surface area contributed by atoms with Gasteiger partial charge >= 0.3 is 0 Å².